The van der Waals surface area contributed by atoms with Gasteiger partial charge in [0.25, 0.3) is 0 Å². The van der Waals surface area contributed by atoms with Crippen LogP contribution in [0.25, 0.3) is 4.96 Å². The van der Waals surface area contributed by atoms with Crippen molar-refractivity contribution in [1.29, 1.82) is 0 Å². The molecule has 0 spiro atoms. The number of pyridine rings is 1. The number of hydrogen-bond donors (Lipinski definition) is 1. The van der Waals surface area contributed by atoms with E-state index in [1.165, 1.54) is 17.4 Å². The lowest BCUT2D eigenvalue weighted by Crippen LogP contribution is -2.46. The van der Waals surface area contributed by atoms with Crippen LogP contribution in [-0.2, 0) is 26.1 Å². The van der Waals surface area contributed by atoms with Crippen LogP contribution >= 0.6 is 22.9 Å². The summed E-state index contributed by atoms with van der Waals surface area (Å²) in [5, 5.41) is 9.86. The number of aromatic carboxylic acids is 1. The number of carbonyl (C=O) groups is 1. The topological polar surface area (TPSA) is 101 Å². The van der Waals surface area contributed by atoms with Gasteiger partial charge in [0.05, 0.1) is 17.7 Å². The average molecular weight is 610 g/mol. The van der Waals surface area contributed by atoms with E-state index in [2.05, 4.69) is 31.3 Å². The minimum Gasteiger partial charge on any atom is -0.477 e. The fraction of sp³-hybridized carbons (Fsp3) is 0.310. The van der Waals surface area contributed by atoms with Crippen molar-refractivity contribution in [3.05, 3.63) is 93.5 Å². The van der Waals surface area contributed by atoms with Gasteiger partial charge in [-0.2, -0.15) is 4.98 Å². The molecule has 0 radical (unpaired) electrons. The van der Waals surface area contributed by atoms with Gasteiger partial charge in [0.15, 0.2) is 4.96 Å². The van der Waals surface area contributed by atoms with Gasteiger partial charge in [-0.15, -0.1) is 0 Å². The molecule has 218 valence electrons. The first-order valence-corrected chi connectivity index (χ1v) is 14.8. The maximum absolute atomic E-state index is 14.1. The van der Waals surface area contributed by atoms with Gasteiger partial charge in [0, 0.05) is 80.4 Å². The zero-order valence-electron chi connectivity index (χ0n) is 22.9. The molecule has 10 nitrogen and oxygen atoms in total. The Hall–Kier alpha value is -4.00. The summed E-state index contributed by atoms with van der Waals surface area (Å²) in [7, 11) is 0. The fourth-order valence-electron chi connectivity index (χ4n) is 5.10. The monoisotopic (exact) mass is 609 g/mol. The van der Waals surface area contributed by atoms with Crippen LogP contribution in [0.1, 0.15) is 39.2 Å². The summed E-state index contributed by atoms with van der Waals surface area (Å²) in [6, 6.07) is 10.1. The second-order valence-corrected chi connectivity index (χ2v) is 11.5. The van der Waals surface area contributed by atoms with Crippen molar-refractivity contribution in [2.45, 2.75) is 33.0 Å². The Morgan fingerprint density at radius 2 is 2.00 bits per heavy atom. The lowest BCUT2D eigenvalue weighted by molar-refractivity contribution is 0.0701. The van der Waals surface area contributed by atoms with E-state index in [0.29, 0.717) is 34.4 Å². The number of hydrogen-bond acceptors (Lipinski definition) is 8. The third kappa shape index (κ3) is 5.96. The number of carboxylic acid groups (broad SMARTS) is 1. The van der Waals surface area contributed by atoms with Gasteiger partial charge in [-0.25, -0.2) is 19.2 Å². The summed E-state index contributed by atoms with van der Waals surface area (Å²) >= 11 is 7.03. The molecule has 1 N–H and O–H groups in total. The molecule has 13 heteroatoms. The van der Waals surface area contributed by atoms with Crippen LogP contribution in [0.2, 0.25) is 5.02 Å². The van der Waals surface area contributed by atoms with Crippen molar-refractivity contribution in [2.75, 3.05) is 31.1 Å². The number of piperazine rings is 1. The Kier molecular flexibility index (Phi) is 8.09. The summed E-state index contributed by atoms with van der Waals surface area (Å²) in [6.45, 7) is 6.74. The molecule has 6 rings (SSSR count). The highest BCUT2D eigenvalue weighted by atomic mass is 35.5. The third-order valence-electron chi connectivity index (χ3n) is 7.38. The van der Waals surface area contributed by atoms with Gasteiger partial charge in [0.2, 0.25) is 5.88 Å². The minimum atomic E-state index is -0.951. The van der Waals surface area contributed by atoms with E-state index in [1.54, 1.807) is 24.4 Å². The number of ether oxygens (including phenoxy) is 1. The molecule has 1 aromatic carbocycles. The number of aromatic nitrogens is 5. The summed E-state index contributed by atoms with van der Waals surface area (Å²) in [4.78, 5) is 30.9. The van der Waals surface area contributed by atoms with Crippen LogP contribution in [0.15, 0.2) is 55.1 Å². The second-order valence-electron chi connectivity index (χ2n) is 10.0. The number of carboxylic acids is 1. The maximum atomic E-state index is 14.1. The molecule has 1 aliphatic heterocycles. The Morgan fingerprint density at radius 1 is 1.17 bits per heavy atom. The van der Waals surface area contributed by atoms with Crippen LogP contribution in [0, 0.1) is 5.82 Å². The molecule has 5 heterocycles. The van der Waals surface area contributed by atoms with Crippen molar-refractivity contribution in [1.82, 2.24) is 28.8 Å². The molecular weight excluding hydrogens is 581 g/mol. The first-order chi connectivity index (χ1) is 20.4. The Morgan fingerprint density at radius 3 is 2.76 bits per heavy atom. The van der Waals surface area contributed by atoms with Crippen molar-refractivity contribution < 1.29 is 19.0 Å². The number of aryl methyl sites for hydroxylation is 1. The zero-order valence-corrected chi connectivity index (χ0v) is 24.5. The van der Waals surface area contributed by atoms with Gasteiger partial charge in [-0.05, 0) is 25.1 Å². The van der Waals surface area contributed by atoms with Gasteiger partial charge in [-0.3, -0.25) is 9.30 Å². The van der Waals surface area contributed by atoms with Crippen LogP contribution in [0.4, 0.5) is 10.2 Å². The summed E-state index contributed by atoms with van der Waals surface area (Å²) in [6.07, 6.45) is 5.94. The second kappa shape index (κ2) is 12.1. The van der Waals surface area contributed by atoms with Crippen LogP contribution in [0.5, 0.6) is 5.88 Å². The lowest BCUT2D eigenvalue weighted by Gasteiger charge is -2.35. The Bertz CT molecular complexity index is 1730. The fourth-order valence-corrected chi connectivity index (χ4v) is 6.12. The smallest absolute Gasteiger partial charge is 0.347 e. The third-order valence-corrected chi connectivity index (χ3v) is 8.58. The molecule has 5 aromatic rings. The number of halogens is 2. The molecule has 42 heavy (non-hydrogen) atoms. The maximum Gasteiger partial charge on any atom is 0.347 e. The van der Waals surface area contributed by atoms with E-state index in [4.69, 9.17) is 21.3 Å². The Balaban J connectivity index is 1.12. The molecule has 4 aromatic heterocycles. The minimum absolute atomic E-state index is 0.0602. The van der Waals surface area contributed by atoms with Crippen LogP contribution in [0.3, 0.4) is 0 Å². The number of imidazole rings is 2. The normalized spacial score (nSPS) is 14.1. The van der Waals surface area contributed by atoms with Crippen molar-refractivity contribution >= 4 is 39.7 Å². The predicted octanol–water partition coefficient (Wildman–Crippen LogP) is 4.99. The SMILES string of the molecule is CCn1cncc1Cc1c(CN2CCN(c3cccc(OCc4ccc(Cl)cc4F)n3)CC2)nc2sc(C(=O)O)cn12. The number of rotatable bonds is 10. The van der Waals surface area contributed by atoms with Crippen molar-refractivity contribution in [3.8, 4) is 5.88 Å². The first kappa shape index (κ1) is 28.1. The predicted molar refractivity (Wildman–Crippen MR) is 158 cm³/mol. The molecule has 1 fully saturated rings. The van der Waals surface area contributed by atoms with E-state index < -0.39 is 11.8 Å². The molecule has 0 atom stereocenters. The summed E-state index contributed by atoms with van der Waals surface area (Å²) in [5.74, 6) is -0.123. The standard InChI is InChI=1S/C29H29ClFN7O3S/c1-2-36-18-32-14-21(36)13-24-23(33-29-38(24)16-25(42-29)28(39)40)15-35-8-10-37(11-9-35)26-4-3-5-27(34-26)41-17-19-6-7-20(30)12-22(19)31/h3-7,12,14,16,18H,2,8-11,13,15,17H2,1H3,(H,39,40). The molecule has 1 aliphatic rings. The summed E-state index contributed by atoms with van der Waals surface area (Å²) in [5.41, 5.74) is 3.39. The van der Waals surface area contributed by atoms with Gasteiger partial charge in [-0.1, -0.05) is 35.1 Å². The number of benzene rings is 1. The first-order valence-electron chi connectivity index (χ1n) is 13.6. The number of thiazole rings is 1. The molecule has 0 unspecified atom stereocenters. The van der Waals surface area contributed by atoms with Crippen LogP contribution < -0.4 is 9.64 Å². The van der Waals surface area contributed by atoms with E-state index in [-0.39, 0.29) is 11.5 Å². The van der Waals surface area contributed by atoms with E-state index in [9.17, 15) is 14.3 Å². The molecule has 0 bridgehead atoms. The molecule has 1 saturated heterocycles. The van der Waals surface area contributed by atoms with Crippen molar-refractivity contribution in [2.24, 2.45) is 0 Å². The number of anilines is 1. The van der Waals surface area contributed by atoms with E-state index >= 15 is 0 Å². The van der Waals surface area contributed by atoms with E-state index in [0.717, 1.165) is 55.6 Å². The van der Waals surface area contributed by atoms with E-state index in [1.807, 2.05) is 29.1 Å². The molecule has 0 aliphatic carbocycles. The van der Waals surface area contributed by atoms with Crippen molar-refractivity contribution in [3.63, 3.8) is 0 Å². The molecule has 0 amide bonds. The largest absolute Gasteiger partial charge is 0.477 e. The number of nitrogens with zero attached hydrogens (tertiary/aromatic N) is 7. The van der Waals surface area contributed by atoms with Gasteiger partial charge < -0.3 is 19.3 Å². The highest BCUT2D eigenvalue weighted by molar-refractivity contribution is 7.18. The average Bonchev–Trinajstić information content (AvgIpc) is 3.69. The van der Waals surface area contributed by atoms with Crippen LogP contribution in [-0.4, -0.2) is 66.1 Å². The highest BCUT2D eigenvalue weighted by Gasteiger charge is 2.24. The van der Waals surface area contributed by atoms with Gasteiger partial charge >= 0.3 is 5.97 Å². The lowest BCUT2D eigenvalue weighted by atomic mass is 10.2. The highest BCUT2D eigenvalue weighted by Crippen LogP contribution is 2.26. The zero-order chi connectivity index (χ0) is 29.2. The summed E-state index contributed by atoms with van der Waals surface area (Å²) < 4.78 is 23.9. The number of fused-ring (bicyclic) bond motifs is 1. The molecule has 0 saturated carbocycles. The molecular formula is C29H29ClFN7O3S. The Labute approximate surface area is 250 Å². The van der Waals surface area contributed by atoms with Gasteiger partial charge in [0.1, 0.15) is 23.1 Å². The quantitative estimate of drug-likeness (QED) is 0.236.